The van der Waals surface area contributed by atoms with Crippen LogP contribution in [0.25, 0.3) is 0 Å². The lowest BCUT2D eigenvalue weighted by molar-refractivity contribution is -0.275. The van der Waals surface area contributed by atoms with E-state index in [2.05, 4.69) is 25.7 Å². The van der Waals surface area contributed by atoms with Gasteiger partial charge in [-0.2, -0.15) is 5.26 Å². The lowest BCUT2D eigenvalue weighted by atomic mass is 10.4. The number of pyridine rings is 1. The van der Waals surface area contributed by atoms with Crippen molar-refractivity contribution in [2.24, 2.45) is 0 Å². The van der Waals surface area contributed by atoms with E-state index in [1.54, 1.807) is 28.7 Å². The molecular formula is C7HBrF3IN2O. The second-order valence-electron chi connectivity index (χ2n) is 2.27. The predicted octanol–water partition coefficient (Wildman–Crippen LogP) is 3.22. The van der Waals surface area contributed by atoms with Gasteiger partial charge >= 0.3 is 6.36 Å². The zero-order valence-electron chi connectivity index (χ0n) is 6.77. The van der Waals surface area contributed by atoms with Crippen LogP contribution in [0, 0.1) is 14.9 Å². The molecule has 0 aromatic carbocycles. The van der Waals surface area contributed by atoms with Gasteiger partial charge in [0.15, 0.2) is 11.4 Å². The average molecular weight is 393 g/mol. The molecule has 0 unspecified atom stereocenters. The summed E-state index contributed by atoms with van der Waals surface area (Å²) >= 11 is 4.49. The Morgan fingerprint density at radius 1 is 1.53 bits per heavy atom. The highest BCUT2D eigenvalue weighted by Crippen LogP contribution is 2.31. The van der Waals surface area contributed by atoms with E-state index in [1.165, 1.54) is 0 Å². The minimum atomic E-state index is -4.78. The highest BCUT2D eigenvalue weighted by molar-refractivity contribution is 14.1. The number of hydrogen-bond acceptors (Lipinski definition) is 3. The van der Waals surface area contributed by atoms with Gasteiger partial charge in [0.1, 0.15) is 10.7 Å². The molecule has 0 atom stereocenters. The van der Waals surface area contributed by atoms with E-state index in [0.717, 1.165) is 6.07 Å². The maximum absolute atomic E-state index is 11.9. The van der Waals surface area contributed by atoms with Gasteiger partial charge in [-0.15, -0.1) is 13.2 Å². The van der Waals surface area contributed by atoms with E-state index in [1.807, 2.05) is 0 Å². The Bertz CT molecular complexity index is 429. The molecule has 80 valence electrons. The van der Waals surface area contributed by atoms with Gasteiger partial charge in [0.2, 0.25) is 0 Å². The van der Waals surface area contributed by atoms with Crippen molar-refractivity contribution in [3.8, 4) is 11.8 Å². The standard InChI is InChI=1S/C7HBrF3IN2O/c8-6-5(15-7(9,10)11)1-3(12)4(2-13)14-6/h1H. The van der Waals surface area contributed by atoms with Gasteiger partial charge in [0.05, 0.1) is 3.57 Å². The second kappa shape index (κ2) is 4.52. The molecule has 0 saturated carbocycles. The first-order chi connectivity index (χ1) is 6.83. The molecule has 15 heavy (non-hydrogen) atoms. The largest absolute Gasteiger partial charge is 0.573 e. The Labute approximate surface area is 105 Å². The third kappa shape index (κ3) is 3.49. The number of alkyl halides is 3. The number of halogens is 5. The number of nitriles is 1. The van der Waals surface area contributed by atoms with E-state index in [4.69, 9.17) is 5.26 Å². The van der Waals surface area contributed by atoms with Crippen LogP contribution in [0.5, 0.6) is 5.75 Å². The molecule has 0 amide bonds. The van der Waals surface area contributed by atoms with Gasteiger partial charge in [0.25, 0.3) is 0 Å². The van der Waals surface area contributed by atoms with Crippen LogP contribution in [0.1, 0.15) is 5.69 Å². The maximum Gasteiger partial charge on any atom is 0.573 e. The van der Waals surface area contributed by atoms with Crippen molar-refractivity contribution in [2.75, 3.05) is 0 Å². The summed E-state index contributed by atoms with van der Waals surface area (Å²) in [5.41, 5.74) is 0.0389. The lowest BCUT2D eigenvalue weighted by Gasteiger charge is -2.10. The third-order valence-corrected chi connectivity index (χ3v) is 2.62. The fourth-order valence-corrected chi connectivity index (χ4v) is 1.62. The first kappa shape index (κ1) is 12.5. The van der Waals surface area contributed by atoms with Crippen molar-refractivity contribution in [2.45, 2.75) is 6.36 Å². The van der Waals surface area contributed by atoms with Crippen molar-refractivity contribution < 1.29 is 17.9 Å². The van der Waals surface area contributed by atoms with Crippen LogP contribution in [0.2, 0.25) is 0 Å². The first-order valence-corrected chi connectivity index (χ1v) is 5.22. The molecule has 0 aliphatic heterocycles. The van der Waals surface area contributed by atoms with E-state index < -0.39 is 12.1 Å². The van der Waals surface area contributed by atoms with Crippen LogP contribution in [0.3, 0.4) is 0 Å². The van der Waals surface area contributed by atoms with Crippen LogP contribution in [-0.2, 0) is 0 Å². The van der Waals surface area contributed by atoms with E-state index >= 15 is 0 Å². The average Bonchev–Trinajstić information content (AvgIpc) is 2.08. The number of rotatable bonds is 1. The summed E-state index contributed by atoms with van der Waals surface area (Å²) < 4.78 is 39.5. The van der Waals surface area contributed by atoms with Gasteiger partial charge in [-0.25, -0.2) is 4.98 Å². The second-order valence-corrected chi connectivity index (χ2v) is 4.18. The van der Waals surface area contributed by atoms with Crippen LogP contribution in [0.4, 0.5) is 13.2 Å². The zero-order valence-corrected chi connectivity index (χ0v) is 10.5. The fourth-order valence-electron chi connectivity index (χ4n) is 0.724. The summed E-state index contributed by atoms with van der Waals surface area (Å²) in [6.07, 6.45) is -4.78. The monoisotopic (exact) mass is 392 g/mol. The van der Waals surface area contributed by atoms with Crippen LogP contribution < -0.4 is 4.74 Å². The number of nitrogens with zero attached hydrogens (tertiary/aromatic N) is 2. The fraction of sp³-hybridized carbons (Fsp3) is 0.143. The topological polar surface area (TPSA) is 45.9 Å². The molecule has 0 spiro atoms. The molecule has 1 rings (SSSR count). The number of aromatic nitrogens is 1. The van der Waals surface area contributed by atoms with Crippen molar-refractivity contribution in [1.29, 1.82) is 5.26 Å². The molecule has 0 radical (unpaired) electrons. The highest BCUT2D eigenvalue weighted by Gasteiger charge is 2.32. The SMILES string of the molecule is N#Cc1nc(Br)c(OC(F)(F)F)cc1I. The molecule has 0 N–H and O–H groups in total. The van der Waals surface area contributed by atoms with Crippen molar-refractivity contribution in [1.82, 2.24) is 4.98 Å². The van der Waals surface area contributed by atoms with Crippen molar-refractivity contribution in [3.63, 3.8) is 0 Å². The third-order valence-electron chi connectivity index (χ3n) is 1.23. The smallest absolute Gasteiger partial charge is 0.403 e. The predicted molar refractivity (Wildman–Crippen MR) is 56.1 cm³/mol. The van der Waals surface area contributed by atoms with Gasteiger partial charge in [0, 0.05) is 0 Å². The number of ether oxygens (including phenoxy) is 1. The highest BCUT2D eigenvalue weighted by atomic mass is 127. The minimum Gasteiger partial charge on any atom is -0.403 e. The lowest BCUT2D eigenvalue weighted by Crippen LogP contribution is -2.18. The van der Waals surface area contributed by atoms with E-state index in [-0.39, 0.29) is 13.9 Å². The van der Waals surface area contributed by atoms with Crippen LogP contribution >= 0.6 is 38.5 Å². The molecule has 0 saturated heterocycles. The van der Waals surface area contributed by atoms with Crippen LogP contribution in [0.15, 0.2) is 10.7 Å². The summed E-state index contributed by atoms with van der Waals surface area (Å²) in [6, 6.07) is 2.83. The Kier molecular flexibility index (Phi) is 3.77. The summed E-state index contributed by atoms with van der Waals surface area (Å²) in [7, 11) is 0. The molecule has 0 aliphatic rings. The van der Waals surface area contributed by atoms with Gasteiger partial charge in [-0.3, -0.25) is 0 Å². The normalized spacial score (nSPS) is 10.9. The van der Waals surface area contributed by atoms with E-state index in [9.17, 15) is 13.2 Å². The molecule has 1 aromatic heterocycles. The Morgan fingerprint density at radius 3 is 2.60 bits per heavy atom. The molecular weight excluding hydrogens is 392 g/mol. The number of hydrogen-bond donors (Lipinski definition) is 0. The van der Waals surface area contributed by atoms with Crippen molar-refractivity contribution >= 4 is 38.5 Å². The Morgan fingerprint density at radius 2 is 2.13 bits per heavy atom. The molecule has 0 bridgehead atoms. The Balaban J connectivity index is 3.13. The molecule has 8 heteroatoms. The van der Waals surface area contributed by atoms with Gasteiger partial charge < -0.3 is 4.74 Å². The molecule has 0 aliphatic carbocycles. The summed E-state index contributed by atoms with van der Waals surface area (Å²) in [5, 5.41) is 8.57. The molecule has 0 fully saturated rings. The molecule has 1 heterocycles. The summed E-state index contributed by atoms with van der Waals surface area (Å²) in [6.45, 7) is 0. The first-order valence-electron chi connectivity index (χ1n) is 3.35. The van der Waals surface area contributed by atoms with Crippen molar-refractivity contribution in [3.05, 3.63) is 19.9 Å². The summed E-state index contributed by atoms with van der Waals surface area (Å²) in [4.78, 5) is 3.60. The zero-order chi connectivity index (χ0) is 11.6. The molecule has 3 nitrogen and oxygen atoms in total. The minimum absolute atomic E-state index is 0.0389. The molecule has 1 aromatic rings. The van der Waals surface area contributed by atoms with E-state index in [0.29, 0.717) is 0 Å². The summed E-state index contributed by atoms with van der Waals surface area (Å²) in [5.74, 6) is -0.467. The van der Waals surface area contributed by atoms with Crippen LogP contribution in [-0.4, -0.2) is 11.3 Å². The Hall–Kier alpha value is -0.560. The quantitative estimate of drug-likeness (QED) is 0.544. The van der Waals surface area contributed by atoms with Gasteiger partial charge in [-0.1, -0.05) is 0 Å². The maximum atomic E-state index is 11.9. The van der Waals surface area contributed by atoms with Gasteiger partial charge in [-0.05, 0) is 44.6 Å².